The number of piperazine rings is 1. The van der Waals surface area contributed by atoms with Crippen LogP contribution < -0.4 is 11.0 Å². The van der Waals surface area contributed by atoms with E-state index >= 15 is 0 Å². The van der Waals surface area contributed by atoms with E-state index in [1.54, 1.807) is 21.3 Å². The van der Waals surface area contributed by atoms with Crippen molar-refractivity contribution in [1.82, 2.24) is 23.9 Å². The van der Waals surface area contributed by atoms with Gasteiger partial charge in [-0.25, -0.2) is 9.78 Å². The predicted molar refractivity (Wildman–Crippen MR) is 137 cm³/mol. The number of nitrogens with one attached hydrogen (secondary N) is 1. The van der Waals surface area contributed by atoms with Crippen molar-refractivity contribution in [2.24, 2.45) is 0 Å². The molecule has 0 atom stereocenters. The van der Waals surface area contributed by atoms with Crippen molar-refractivity contribution in [3.8, 4) is 0 Å². The number of carbonyl (C=O) groups is 2. The molecule has 9 nitrogen and oxygen atoms in total. The lowest BCUT2D eigenvalue weighted by Gasteiger charge is -2.34. The standard InChI is InChI=1S/C25H31ClN6O3/c1-3-31-20-9-10-21(28-24(20)32(4-2)25(31)35)27-22(33)11-12-23(34)30-15-13-29(14-16-30)17-18-5-7-19(26)8-6-18/h5-10H,3-4,11-17H2,1-2H3,(H,27,28,33). The number of aromatic nitrogens is 3. The minimum Gasteiger partial charge on any atom is -0.340 e. The minimum atomic E-state index is -0.271. The zero-order chi connectivity index (χ0) is 24.9. The molecule has 0 saturated carbocycles. The highest BCUT2D eigenvalue weighted by Gasteiger charge is 2.22. The number of carbonyl (C=O) groups excluding carboxylic acids is 2. The first-order valence-electron chi connectivity index (χ1n) is 12.0. The fourth-order valence-corrected chi connectivity index (χ4v) is 4.56. The number of fused-ring (bicyclic) bond motifs is 1. The molecule has 3 aromatic rings. The Kier molecular flexibility index (Phi) is 7.87. The van der Waals surface area contributed by atoms with Crippen molar-refractivity contribution < 1.29 is 9.59 Å². The number of aryl methyl sites for hydroxylation is 2. The van der Waals surface area contributed by atoms with E-state index in [4.69, 9.17) is 11.6 Å². The molecule has 10 heteroatoms. The number of rotatable bonds is 8. The van der Waals surface area contributed by atoms with E-state index in [1.807, 2.05) is 43.0 Å². The normalized spacial score (nSPS) is 14.4. The average Bonchev–Trinajstić information content (AvgIpc) is 3.13. The first-order valence-corrected chi connectivity index (χ1v) is 12.4. The maximum atomic E-state index is 12.6. The van der Waals surface area contributed by atoms with Crippen LogP contribution in [0.3, 0.4) is 0 Å². The Morgan fingerprint density at radius 3 is 2.29 bits per heavy atom. The Labute approximate surface area is 209 Å². The molecule has 3 heterocycles. The Balaban J connectivity index is 1.26. The molecule has 2 aromatic heterocycles. The predicted octanol–water partition coefficient (Wildman–Crippen LogP) is 2.95. The topological polar surface area (TPSA) is 92.5 Å². The minimum absolute atomic E-state index is 0.0189. The number of halogens is 1. The summed E-state index contributed by atoms with van der Waals surface area (Å²) in [5.74, 6) is 0.0858. The third kappa shape index (κ3) is 5.74. The van der Waals surface area contributed by atoms with Gasteiger partial charge in [-0.15, -0.1) is 0 Å². The van der Waals surface area contributed by atoms with Crippen LogP contribution in [0, 0.1) is 0 Å². The summed E-state index contributed by atoms with van der Waals surface area (Å²) in [6, 6.07) is 11.3. The van der Waals surface area contributed by atoms with Crippen LogP contribution in [0.15, 0.2) is 41.2 Å². The molecule has 2 amide bonds. The van der Waals surface area contributed by atoms with Crippen LogP contribution >= 0.6 is 11.6 Å². The zero-order valence-electron chi connectivity index (χ0n) is 20.2. The van der Waals surface area contributed by atoms with Gasteiger partial charge in [0.05, 0.1) is 5.52 Å². The SMILES string of the molecule is CCn1c(=O)n(CC)c2nc(NC(=O)CCC(=O)N3CCN(Cc4ccc(Cl)cc4)CC3)ccc21. The highest BCUT2D eigenvalue weighted by Crippen LogP contribution is 2.16. The van der Waals surface area contributed by atoms with Crippen LogP contribution in [0.4, 0.5) is 5.82 Å². The molecule has 186 valence electrons. The summed E-state index contributed by atoms with van der Waals surface area (Å²) in [6.07, 6.45) is 0.233. The Morgan fingerprint density at radius 2 is 1.63 bits per heavy atom. The number of anilines is 1. The summed E-state index contributed by atoms with van der Waals surface area (Å²) in [4.78, 5) is 46.2. The van der Waals surface area contributed by atoms with Gasteiger partial charge in [0.25, 0.3) is 0 Å². The number of hydrogen-bond acceptors (Lipinski definition) is 5. The van der Waals surface area contributed by atoms with Crippen molar-refractivity contribution >= 4 is 40.4 Å². The zero-order valence-corrected chi connectivity index (χ0v) is 20.9. The van der Waals surface area contributed by atoms with Gasteiger partial charge in [0.15, 0.2) is 5.65 Å². The summed E-state index contributed by atoms with van der Waals surface area (Å²) in [7, 11) is 0. The Morgan fingerprint density at radius 1 is 0.943 bits per heavy atom. The van der Waals surface area contributed by atoms with E-state index in [1.165, 1.54) is 5.56 Å². The summed E-state index contributed by atoms with van der Waals surface area (Å²) in [5, 5.41) is 3.49. The number of benzene rings is 1. The van der Waals surface area contributed by atoms with E-state index in [-0.39, 0.29) is 30.3 Å². The lowest BCUT2D eigenvalue weighted by Crippen LogP contribution is -2.48. The second kappa shape index (κ2) is 11.0. The van der Waals surface area contributed by atoms with Crippen LogP contribution in [-0.2, 0) is 29.2 Å². The third-order valence-electron chi connectivity index (χ3n) is 6.37. The van der Waals surface area contributed by atoms with Gasteiger partial charge in [0.1, 0.15) is 5.82 Å². The highest BCUT2D eigenvalue weighted by molar-refractivity contribution is 6.30. The lowest BCUT2D eigenvalue weighted by atomic mass is 10.2. The Bertz CT molecular complexity index is 1260. The first-order chi connectivity index (χ1) is 16.9. The van der Waals surface area contributed by atoms with E-state index in [9.17, 15) is 14.4 Å². The second-order valence-corrected chi connectivity index (χ2v) is 9.08. The lowest BCUT2D eigenvalue weighted by molar-refractivity contribution is -0.134. The molecule has 0 aliphatic carbocycles. The molecule has 1 aromatic carbocycles. The van der Waals surface area contributed by atoms with Gasteiger partial charge < -0.3 is 10.2 Å². The number of pyridine rings is 1. The molecule has 0 bridgehead atoms. The van der Waals surface area contributed by atoms with Crippen LogP contribution in [0.25, 0.3) is 11.2 Å². The van der Waals surface area contributed by atoms with Crippen molar-refractivity contribution in [2.75, 3.05) is 31.5 Å². The quantitative estimate of drug-likeness (QED) is 0.515. The molecule has 35 heavy (non-hydrogen) atoms. The van der Waals surface area contributed by atoms with E-state index < -0.39 is 0 Å². The van der Waals surface area contributed by atoms with Crippen LogP contribution in [0.1, 0.15) is 32.3 Å². The third-order valence-corrected chi connectivity index (χ3v) is 6.63. The van der Waals surface area contributed by atoms with Gasteiger partial charge in [0.2, 0.25) is 11.8 Å². The highest BCUT2D eigenvalue weighted by atomic mass is 35.5. The maximum Gasteiger partial charge on any atom is 0.330 e. The second-order valence-electron chi connectivity index (χ2n) is 8.64. The molecule has 0 unspecified atom stereocenters. The number of nitrogens with zero attached hydrogens (tertiary/aromatic N) is 5. The van der Waals surface area contributed by atoms with Gasteiger partial charge in [0, 0.05) is 63.7 Å². The maximum absolute atomic E-state index is 12.6. The largest absolute Gasteiger partial charge is 0.340 e. The van der Waals surface area contributed by atoms with E-state index in [2.05, 4.69) is 15.2 Å². The smallest absolute Gasteiger partial charge is 0.330 e. The van der Waals surface area contributed by atoms with E-state index in [0.717, 1.165) is 30.2 Å². The molecular weight excluding hydrogens is 468 g/mol. The molecule has 0 spiro atoms. The number of amides is 2. The molecule has 4 rings (SSSR count). The van der Waals surface area contributed by atoms with Crippen molar-refractivity contribution in [2.45, 2.75) is 46.3 Å². The van der Waals surface area contributed by atoms with Crippen LogP contribution in [0.5, 0.6) is 0 Å². The van der Waals surface area contributed by atoms with Crippen molar-refractivity contribution in [1.29, 1.82) is 0 Å². The molecule has 0 radical (unpaired) electrons. The van der Waals surface area contributed by atoms with Gasteiger partial charge in [-0.05, 0) is 43.7 Å². The van der Waals surface area contributed by atoms with Crippen LogP contribution in [-0.4, -0.2) is 61.9 Å². The molecule has 1 saturated heterocycles. The number of hydrogen-bond donors (Lipinski definition) is 1. The van der Waals surface area contributed by atoms with Gasteiger partial charge >= 0.3 is 5.69 Å². The van der Waals surface area contributed by atoms with Crippen molar-refractivity contribution in [3.63, 3.8) is 0 Å². The molecular formula is C25H31ClN6O3. The summed E-state index contributed by atoms with van der Waals surface area (Å²) >= 11 is 5.95. The average molecular weight is 499 g/mol. The van der Waals surface area contributed by atoms with Gasteiger partial charge in [-0.3, -0.25) is 23.6 Å². The molecule has 1 aliphatic heterocycles. The molecule has 1 N–H and O–H groups in total. The summed E-state index contributed by atoms with van der Waals surface area (Å²) in [6.45, 7) is 8.55. The summed E-state index contributed by atoms with van der Waals surface area (Å²) in [5.41, 5.74) is 2.37. The fraction of sp³-hybridized carbons (Fsp3) is 0.440. The van der Waals surface area contributed by atoms with Gasteiger partial charge in [-0.1, -0.05) is 23.7 Å². The molecule has 1 fully saturated rings. The van der Waals surface area contributed by atoms with Gasteiger partial charge in [-0.2, -0.15) is 0 Å². The molecule has 1 aliphatic rings. The number of imidazole rings is 1. The first kappa shape index (κ1) is 24.9. The van der Waals surface area contributed by atoms with E-state index in [0.29, 0.717) is 37.6 Å². The van der Waals surface area contributed by atoms with Crippen LogP contribution in [0.2, 0.25) is 5.02 Å². The van der Waals surface area contributed by atoms with Crippen molar-refractivity contribution in [3.05, 3.63) is 57.5 Å². The fourth-order valence-electron chi connectivity index (χ4n) is 4.44. The monoisotopic (exact) mass is 498 g/mol. The Hall–Kier alpha value is -3.17. The summed E-state index contributed by atoms with van der Waals surface area (Å²) < 4.78 is 3.25.